The summed E-state index contributed by atoms with van der Waals surface area (Å²) in [6, 6.07) is 12.0. The van der Waals surface area contributed by atoms with Crippen molar-refractivity contribution in [1.82, 2.24) is 35.1 Å². The van der Waals surface area contributed by atoms with Gasteiger partial charge in [0.2, 0.25) is 17.5 Å². The van der Waals surface area contributed by atoms with Gasteiger partial charge in [0.25, 0.3) is 11.8 Å². The standard InChI is InChI=1S/C52H66FN7O8/c1-9-59-42-17-16-34-26-38(42)39(45(59)37-12-10-19-54-43(37)31(4)67-8)27-51(5,6)29-68-49(65)40-13-11-20-60(56-40)48(64)41(24-32-22-35(34)25-36(61)23-32)55-46(62)44(30(2)3)57(7)50(66)52(53)18-21-58(28-52)47(63)33-14-15-33/h10,12,16-17,19,22-23,25-26,30-31,33,40-41,44,56,61H,9,11,13-15,18,20-21,24,27-29H2,1-8H3,(H,55,62)/t31-,40-,41-,44?,52+/m0/s1. The first-order valence-electron chi connectivity index (χ1n) is 24.1. The van der Waals surface area contributed by atoms with E-state index in [1.165, 1.54) is 17.0 Å². The number of fused-ring (bicyclic) bond motifs is 6. The Morgan fingerprint density at radius 3 is 2.53 bits per heavy atom. The first-order valence-corrected chi connectivity index (χ1v) is 24.1. The number of alkyl halides is 1. The molecule has 3 N–H and O–H groups in total. The molecule has 16 heteroatoms. The number of hydrogen-bond donors (Lipinski definition) is 3. The molecule has 2 saturated heterocycles. The van der Waals surface area contributed by atoms with Crippen LogP contribution in [-0.4, -0.2) is 123 Å². The highest BCUT2D eigenvalue weighted by Crippen LogP contribution is 2.42. The van der Waals surface area contributed by atoms with E-state index in [1.54, 1.807) is 39.3 Å². The Labute approximate surface area is 397 Å². The molecule has 5 atom stereocenters. The molecular weight excluding hydrogens is 870 g/mol. The number of amides is 4. The lowest BCUT2D eigenvalue weighted by Gasteiger charge is -2.37. The molecule has 3 aliphatic heterocycles. The van der Waals surface area contributed by atoms with Crippen LogP contribution in [0.5, 0.6) is 5.75 Å². The number of cyclic esters (lactones) is 1. The summed E-state index contributed by atoms with van der Waals surface area (Å²) in [5, 5.41) is 16.6. The zero-order valence-corrected chi connectivity index (χ0v) is 40.6. The average Bonchev–Trinajstić information content (AvgIpc) is 4.03. The van der Waals surface area contributed by atoms with Gasteiger partial charge in [-0.1, -0.05) is 39.8 Å². The molecular formula is C52H66FN7O8. The molecule has 1 aliphatic carbocycles. The molecule has 2 aromatic carbocycles. The monoisotopic (exact) mass is 935 g/mol. The van der Waals surface area contributed by atoms with Gasteiger partial charge in [0.05, 0.1) is 30.6 Å². The van der Waals surface area contributed by atoms with Crippen LogP contribution in [-0.2, 0) is 52.8 Å². The topological polar surface area (TPSA) is 176 Å². The number of benzene rings is 2. The molecule has 4 aromatic rings. The molecule has 3 fully saturated rings. The highest BCUT2D eigenvalue weighted by molar-refractivity contribution is 5.97. The number of nitrogens with one attached hydrogen (secondary N) is 2. The number of ether oxygens (including phenoxy) is 2. The van der Waals surface area contributed by atoms with E-state index in [0.29, 0.717) is 36.9 Å². The van der Waals surface area contributed by atoms with Crippen molar-refractivity contribution in [3.8, 4) is 28.1 Å². The van der Waals surface area contributed by atoms with Crippen LogP contribution in [0.15, 0.2) is 54.7 Å². The van der Waals surface area contributed by atoms with Crippen molar-refractivity contribution in [2.24, 2.45) is 17.3 Å². The van der Waals surface area contributed by atoms with Gasteiger partial charge in [-0.15, -0.1) is 0 Å². The van der Waals surface area contributed by atoms with E-state index >= 15 is 4.39 Å². The number of halogens is 1. The molecule has 2 aromatic heterocycles. The summed E-state index contributed by atoms with van der Waals surface area (Å²) in [6.07, 6.45) is 4.13. The summed E-state index contributed by atoms with van der Waals surface area (Å²) >= 11 is 0. The number of aryl methyl sites for hydroxylation is 1. The predicted molar refractivity (Wildman–Crippen MR) is 254 cm³/mol. The number of esters is 1. The zero-order valence-electron chi connectivity index (χ0n) is 40.6. The number of rotatable bonds is 10. The van der Waals surface area contributed by atoms with Crippen LogP contribution < -0.4 is 10.7 Å². The fraction of sp³-hybridized carbons (Fsp3) is 0.538. The van der Waals surface area contributed by atoms with Gasteiger partial charge < -0.3 is 34.3 Å². The number of aromatic nitrogens is 2. The molecule has 5 heterocycles. The van der Waals surface area contributed by atoms with Crippen molar-refractivity contribution in [1.29, 1.82) is 0 Å². The van der Waals surface area contributed by atoms with Gasteiger partial charge in [0.15, 0.2) is 0 Å². The van der Waals surface area contributed by atoms with Crippen molar-refractivity contribution in [3.63, 3.8) is 0 Å². The maximum atomic E-state index is 16.5. The van der Waals surface area contributed by atoms with E-state index in [1.807, 2.05) is 25.1 Å². The summed E-state index contributed by atoms with van der Waals surface area (Å²) in [6.45, 7) is 12.4. The van der Waals surface area contributed by atoms with Gasteiger partial charge in [-0.2, -0.15) is 0 Å². The van der Waals surface area contributed by atoms with Crippen LogP contribution >= 0.6 is 0 Å². The average molecular weight is 936 g/mol. The van der Waals surface area contributed by atoms with Gasteiger partial charge in [0, 0.05) is 80.6 Å². The highest BCUT2D eigenvalue weighted by Gasteiger charge is 2.51. The van der Waals surface area contributed by atoms with Crippen LogP contribution in [0.2, 0.25) is 0 Å². The second-order valence-electron chi connectivity index (χ2n) is 20.4. The fourth-order valence-corrected chi connectivity index (χ4v) is 10.4. The molecule has 0 radical (unpaired) electrons. The van der Waals surface area contributed by atoms with Crippen LogP contribution in [0.3, 0.4) is 0 Å². The fourth-order valence-electron chi connectivity index (χ4n) is 10.4. The van der Waals surface area contributed by atoms with Crippen molar-refractivity contribution < 1.29 is 42.9 Å². The van der Waals surface area contributed by atoms with E-state index in [0.717, 1.165) is 56.7 Å². The number of carbonyl (C=O) groups is 5. The summed E-state index contributed by atoms with van der Waals surface area (Å²) in [5.74, 6) is -3.46. The number of pyridine rings is 1. The lowest BCUT2D eigenvalue weighted by atomic mass is 9.84. The molecule has 15 nitrogen and oxygen atoms in total. The number of likely N-dealkylation sites (tertiary alicyclic amines) is 1. The third-order valence-corrected chi connectivity index (χ3v) is 14.2. The minimum atomic E-state index is -2.37. The van der Waals surface area contributed by atoms with Crippen LogP contribution in [0.4, 0.5) is 4.39 Å². The molecule has 4 aliphatic rings. The van der Waals surface area contributed by atoms with Gasteiger partial charge in [-0.05, 0) is 111 Å². The molecule has 1 unspecified atom stereocenters. The largest absolute Gasteiger partial charge is 0.508 e. The number of likely N-dealkylation sites (N-methyl/N-ethyl adjacent to an activating group) is 1. The van der Waals surface area contributed by atoms with Crippen molar-refractivity contribution >= 4 is 40.5 Å². The Hall–Kier alpha value is -5.87. The lowest BCUT2D eigenvalue weighted by molar-refractivity contribution is -0.155. The minimum Gasteiger partial charge on any atom is -0.508 e. The van der Waals surface area contributed by atoms with Crippen molar-refractivity contribution in [2.75, 3.05) is 40.4 Å². The van der Waals surface area contributed by atoms with Gasteiger partial charge in [-0.3, -0.25) is 34.0 Å². The van der Waals surface area contributed by atoms with Crippen LogP contribution in [0, 0.1) is 17.3 Å². The van der Waals surface area contributed by atoms with Crippen molar-refractivity contribution in [2.45, 2.75) is 123 Å². The van der Waals surface area contributed by atoms with Gasteiger partial charge in [-0.25, -0.2) is 9.82 Å². The SMILES string of the molecule is CCn1c(-c2cccnc2[C@H](C)OC)c2c3cc(ccc31)-c1cc(O)cc(c1)C[C@H](NC(=O)C(C(C)C)N(C)C(=O)[C@@]1(F)CCN(C(=O)C3CC3)C1)C(=O)N1CCC[C@H](N1)C(=O)OCC(C)(C)C2. The lowest BCUT2D eigenvalue weighted by Crippen LogP contribution is -2.62. The number of hydrogen-bond acceptors (Lipinski definition) is 10. The smallest absolute Gasteiger partial charge is 0.324 e. The molecule has 68 heavy (non-hydrogen) atoms. The van der Waals surface area contributed by atoms with E-state index in [2.05, 4.69) is 54.3 Å². The number of phenols is 1. The highest BCUT2D eigenvalue weighted by atomic mass is 19.1. The molecule has 364 valence electrons. The minimum absolute atomic E-state index is 0.0467. The molecule has 0 spiro atoms. The van der Waals surface area contributed by atoms with E-state index in [-0.39, 0.29) is 62.8 Å². The van der Waals surface area contributed by atoms with E-state index < -0.39 is 58.8 Å². The van der Waals surface area contributed by atoms with E-state index in [9.17, 15) is 29.1 Å². The summed E-state index contributed by atoms with van der Waals surface area (Å²) in [5.41, 5.74) is 6.91. The van der Waals surface area contributed by atoms with Crippen LogP contribution in [0.25, 0.3) is 33.3 Å². The second-order valence-corrected chi connectivity index (χ2v) is 20.4. The maximum Gasteiger partial charge on any atom is 0.324 e. The quantitative estimate of drug-likeness (QED) is 0.154. The molecule has 6 bridgehead atoms. The Bertz CT molecular complexity index is 2610. The van der Waals surface area contributed by atoms with Crippen molar-refractivity contribution in [3.05, 3.63) is 71.5 Å². The molecule has 1 saturated carbocycles. The number of aromatic hydroxyl groups is 1. The van der Waals surface area contributed by atoms with Gasteiger partial charge in [0.1, 0.15) is 23.9 Å². The normalized spacial score (nSPS) is 23.0. The summed E-state index contributed by atoms with van der Waals surface area (Å²) < 4.78 is 30.7. The summed E-state index contributed by atoms with van der Waals surface area (Å²) in [4.78, 5) is 77.3. The maximum absolute atomic E-state index is 16.5. The Morgan fingerprint density at radius 2 is 1.82 bits per heavy atom. The predicted octanol–water partition coefficient (Wildman–Crippen LogP) is 6.29. The number of phenolic OH excluding ortho intramolecular Hbond substituents is 1. The van der Waals surface area contributed by atoms with Gasteiger partial charge >= 0.3 is 5.97 Å². The Morgan fingerprint density at radius 1 is 1.06 bits per heavy atom. The van der Waals surface area contributed by atoms with E-state index in [4.69, 9.17) is 14.5 Å². The first-order chi connectivity index (χ1) is 32.3. The van der Waals surface area contributed by atoms with Crippen LogP contribution in [0.1, 0.15) is 96.6 Å². The number of methoxy groups -OCH3 is 1. The third kappa shape index (κ3) is 9.71. The third-order valence-electron chi connectivity index (χ3n) is 14.2. The number of carbonyl (C=O) groups excluding carboxylic acids is 5. The molecule has 4 amide bonds. The number of hydrazine groups is 1. The molecule has 8 rings (SSSR count). The summed E-state index contributed by atoms with van der Waals surface area (Å²) in [7, 11) is 3.04. The Balaban J connectivity index is 1.18. The number of nitrogens with zero attached hydrogens (tertiary/aromatic N) is 5. The second kappa shape index (κ2) is 19.3. The Kier molecular flexibility index (Phi) is 13.8. The zero-order chi connectivity index (χ0) is 48.8. The first kappa shape index (κ1) is 48.6.